The molecule has 2 heterocycles. The highest BCUT2D eigenvalue weighted by Crippen LogP contribution is 2.21. The van der Waals surface area contributed by atoms with Crippen LogP contribution in [0.2, 0.25) is 0 Å². The fraction of sp³-hybridized carbons (Fsp3) is 0.632. The van der Waals surface area contributed by atoms with Crippen LogP contribution in [0.4, 0.5) is 0 Å². The van der Waals surface area contributed by atoms with Crippen LogP contribution in [0.1, 0.15) is 31.2 Å². The molecule has 0 saturated carbocycles. The van der Waals surface area contributed by atoms with Crippen molar-refractivity contribution in [3.05, 3.63) is 29.8 Å². The lowest BCUT2D eigenvalue weighted by molar-refractivity contribution is -0.134. The summed E-state index contributed by atoms with van der Waals surface area (Å²) >= 11 is 0. The number of amides is 1. The first-order valence-corrected chi connectivity index (χ1v) is 8.90. The number of likely N-dealkylation sites (tertiary alicyclic amines) is 2. The van der Waals surface area contributed by atoms with Crippen LogP contribution in [0.5, 0.6) is 5.75 Å². The van der Waals surface area contributed by atoms with Crippen LogP contribution >= 0.6 is 0 Å². The van der Waals surface area contributed by atoms with E-state index in [1.807, 2.05) is 36.1 Å². The predicted octanol–water partition coefficient (Wildman–Crippen LogP) is 2.71. The van der Waals surface area contributed by atoms with Gasteiger partial charge in [0.05, 0.1) is 0 Å². The minimum atomic E-state index is 0.117. The zero-order chi connectivity index (χ0) is 16.1. The molecule has 2 aliphatic heterocycles. The summed E-state index contributed by atoms with van der Waals surface area (Å²) in [5.74, 6) is 1.66. The van der Waals surface area contributed by atoms with Crippen molar-refractivity contribution in [1.82, 2.24) is 9.80 Å². The third kappa shape index (κ3) is 4.71. The third-order valence-corrected chi connectivity index (χ3v) is 5.03. The van der Waals surface area contributed by atoms with Crippen molar-refractivity contribution in [2.24, 2.45) is 5.92 Å². The maximum Gasteiger partial charge on any atom is 0.260 e. The molecule has 2 saturated heterocycles. The van der Waals surface area contributed by atoms with Gasteiger partial charge in [0, 0.05) is 19.6 Å². The average Bonchev–Trinajstić information content (AvgIpc) is 3.06. The molecule has 1 aromatic rings. The molecule has 1 amide bonds. The first-order chi connectivity index (χ1) is 11.2. The minimum absolute atomic E-state index is 0.117. The Morgan fingerprint density at radius 2 is 1.91 bits per heavy atom. The summed E-state index contributed by atoms with van der Waals surface area (Å²) in [7, 11) is 0. The zero-order valence-electron chi connectivity index (χ0n) is 14.2. The summed E-state index contributed by atoms with van der Waals surface area (Å²) < 4.78 is 5.64. The second-order valence-electron chi connectivity index (χ2n) is 6.94. The third-order valence-electron chi connectivity index (χ3n) is 5.03. The highest BCUT2D eigenvalue weighted by molar-refractivity contribution is 5.77. The predicted molar refractivity (Wildman–Crippen MR) is 91.7 cm³/mol. The number of hydrogen-bond acceptors (Lipinski definition) is 3. The monoisotopic (exact) mass is 316 g/mol. The number of aryl methyl sites for hydroxylation is 1. The molecule has 126 valence electrons. The lowest BCUT2D eigenvalue weighted by atomic mass is 9.96. The number of ether oxygens (including phenoxy) is 1. The Kier molecular flexibility index (Phi) is 5.55. The highest BCUT2D eigenvalue weighted by atomic mass is 16.5. The van der Waals surface area contributed by atoms with E-state index < -0.39 is 0 Å². The fourth-order valence-electron chi connectivity index (χ4n) is 3.64. The van der Waals surface area contributed by atoms with Crippen molar-refractivity contribution >= 4 is 5.91 Å². The van der Waals surface area contributed by atoms with Gasteiger partial charge in [-0.2, -0.15) is 0 Å². The molecule has 0 bridgehead atoms. The van der Waals surface area contributed by atoms with E-state index in [-0.39, 0.29) is 12.5 Å². The molecule has 4 nitrogen and oxygen atoms in total. The Morgan fingerprint density at radius 3 is 2.61 bits per heavy atom. The quantitative estimate of drug-likeness (QED) is 0.837. The first-order valence-electron chi connectivity index (χ1n) is 8.90. The van der Waals surface area contributed by atoms with E-state index in [0.717, 1.165) is 43.2 Å². The number of carbonyl (C=O) groups excluding carboxylic acids is 1. The summed E-state index contributed by atoms with van der Waals surface area (Å²) in [6, 6.07) is 7.86. The maximum absolute atomic E-state index is 12.3. The van der Waals surface area contributed by atoms with Crippen LogP contribution < -0.4 is 4.74 Å². The molecule has 3 rings (SSSR count). The summed E-state index contributed by atoms with van der Waals surface area (Å²) in [5.41, 5.74) is 1.15. The van der Waals surface area contributed by atoms with Crippen LogP contribution in [-0.4, -0.2) is 55.0 Å². The van der Waals surface area contributed by atoms with E-state index in [1.54, 1.807) is 0 Å². The zero-order valence-corrected chi connectivity index (χ0v) is 14.2. The largest absolute Gasteiger partial charge is 0.484 e. The molecule has 0 unspecified atom stereocenters. The second kappa shape index (κ2) is 7.82. The average molecular weight is 316 g/mol. The van der Waals surface area contributed by atoms with Gasteiger partial charge in [0.25, 0.3) is 5.91 Å². The van der Waals surface area contributed by atoms with Gasteiger partial charge in [0.1, 0.15) is 5.75 Å². The van der Waals surface area contributed by atoms with E-state index in [4.69, 9.17) is 4.74 Å². The van der Waals surface area contributed by atoms with Crippen LogP contribution in [0.25, 0.3) is 0 Å². The SMILES string of the molecule is Cc1cccc(OCC(=O)N2CCC(CN3CCCC3)CC2)c1. The van der Waals surface area contributed by atoms with E-state index in [0.29, 0.717) is 0 Å². The van der Waals surface area contributed by atoms with E-state index in [1.165, 1.54) is 32.5 Å². The Bertz CT molecular complexity index is 518. The molecular weight excluding hydrogens is 288 g/mol. The molecule has 2 fully saturated rings. The van der Waals surface area contributed by atoms with Crippen LogP contribution in [0.15, 0.2) is 24.3 Å². The molecule has 1 aromatic carbocycles. The van der Waals surface area contributed by atoms with E-state index in [9.17, 15) is 4.79 Å². The Morgan fingerprint density at radius 1 is 1.17 bits per heavy atom. The number of piperidine rings is 1. The lowest BCUT2D eigenvalue weighted by Crippen LogP contribution is -2.43. The minimum Gasteiger partial charge on any atom is -0.484 e. The second-order valence-corrected chi connectivity index (χ2v) is 6.94. The van der Waals surface area contributed by atoms with Gasteiger partial charge in [-0.3, -0.25) is 4.79 Å². The molecule has 23 heavy (non-hydrogen) atoms. The number of rotatable bonds is 5. The molecule has 0 N–H and O–H groups in total. The van der Waals surface area contributed by atoms with Gasteiger partial charge >= 0.3 is 0 Å². The summed E-state index contributed by atoms with van der Waals surface area (Å²) in [6.45, 7) is 7.71. The summed E-state index contributed by atoms with van der Waals surface area (Å²) in [6.07, 6.45) is 4.97. The van der Waals surface area contributed by atoms with Crippen LogP contribution in [-0.2, 0) is 4.79 Å². The number of carbonyl (C=O) groups is 1. The smallest absolute Gasteiger partial charge is 0.260 e. The number of nitrogens with zero attached hydrogens (tertiary/aromatic N) is 2. The normalized spacial score (nSPS) is 20.0. The molecule has 0 atom stereocenters. The molecule has 0 radical (unpaired) electrons. The van der Waals surface area contributed by atoms with Crippen molar-refractivity contribution in [1.29, 1.82) is 0 Å². The Balaban J connectivity index is 1.39. The summed E-state index contributed by atoms with van der Waals surface area (Å²) in [5, 5.41) is 0. The van der Waals surface area contributed by atoms with Crippen molar-refractivity contribution in [3.8, 4) is 5.75 Å². The van der Waals surface area contributed by atoms with Crippen molar-refractivity contribution in [3.63, 3.8) is 0 Å². The van der Waals surface area contributed by atoms with Gasteiger partial charge in [-0.05, 0) is 69.3 Å². The first kappa shape index (κ1) is 16.3. The van der Waals surface area contributed by atoms with E-state index in [2.05, 4.69) is 4.90 Å². The fourth-order valence-corrected chi connectivity index (χ4v) is 3.64. The van der Waals surface area contributed by atoms with Gasteiger partial charge in [0.2, 0.25) is 0 Å². The van der Waals surface area contributed by atoms with E-state index >= 15 is 0 Å². The van der Waals surface area contributed by atoms with Crippen molar-refractivity contribution in [2.75, 3.05) is 39.3 Å². The number of hydrogen-bond donors (Lipinski definition) is 0. The lowest BCUT2D eigenvalue weighted by Gasteiger charge is -2.33. The van der Waals surface area contributed by atoms with Crippen LogP contribution in [0, 0.1) is 12.8 Å². The Hall–Kier alpha value is -1.55. The van der Waals surface area contributed by atoms with Crippen molar-refractivity contribution < 1.29 is 9.53 Å². The highest BCUT2D eigenvalue weighted by Gasteiger charge is 2.25. The van der Waals surface area contributed by atoms with Gasteiger partial charge in [-0.25, -0.2) is 0 Å². The molecular formula is C19H28N2O2. The topological polar surface area (TPSA) is 32.8 Å². The van der Waals surface area contributed by atoms with Crippen molar-refractivity contribution in [2.45, 2.75) is 32.6 Å². The van der Waals surface area contributed by atoms with Gasteiger partial charge in [-0.15, -0.1) is 0 Å². The molecule has 0 aliphatic carbocycles. The van der Waals surface area contributed by atoms with Crippen LogP contribution in [0.3, 0.4) is 0 Å². The standard InChI is InChI=1S/C19H28N2O2/c1-16-5-4-6-18(13-16)23-15-19(22)21-11-7-17(8-12-21)14-20-9-2-3-10-20/h4-6,13,17H,2-3,7-12,14-15H2,1H3. The van der Waals surface area contributed by atoms with Gasteiger partial charge in [-0.1, -0.05) is 12.1 Å². The molecule has 2 aliphatic rings. The summed E-state index contributed by atoms with van der Waals surface area (Å²) in [4.78, 5) is 16.9. The van der Waals surface area contributed by atoms with Gasteiger partial charge in [0.15, 0.2) is 6.61 Å². The number of benzene rings is 1. The molecule has 0 spiro atoms. The maximum atomic E-state index is 12.3. The molecule has 0 aromatic heterocycles. The van der Waals surface area contributed by atoms with Gasteiger partial charge < -0.3 is 14.5 Å². The molecule has 4 heteroatoms. The Labute approximate surface area is 139 Å².